The van der Waals surface area contributed by atoms with Crippen LogP contribution in [0.5, 0.6) is 0 Å². The molecule has 0 aliphatic carbocycles. The first-order valence-corrected chi connectivity index (χ1v) is 10.0. The summed E-state index contributed by atoms with van der Waals surface area (Å²) < 4.78 is 27.8. The molecule has 0 amide bonds. The minimum Gasteiger partial charge on any atom is -0.210 e. The average molecular weight is 389 g/mol. The van der Waals surface area contributed by atoms with Gasteiger partial charge in [-0.15, -0.1) is 11.3 Å². The van der Waals surface area contributed by atoms with Gasteiger partial charge in [0.25, 0.3) is 0 Å². The number of thiophene rings is 1. The lowest BCUT2D eigenvalue weighted by Crippen LogP contribution is -2.29. The maximum Gasteiger partial charge on any atom is 0.250 e. The van der Waals surface area contributed by atoms with Crippen molar-refractivity contribution in [1.29, 1.82) is 0 Å². The third kappa shape index (κ3) is 5.34. The first-order chi connectivity index (χ1) is 8.90. The smallest absolute Gasteiger partial charge is 0.210 e. The van der Waals surface area contributed by atoms with Gasteiger partial charge >= 0.3 is 0 Å². The van der Waals surface area contributed by atoms with Crippen molar-refractivity contribution in [3.63, 3.8) is 0 Å². The molecule has 0 spiro atoms. The molecule has 0 aliphatic rings. The van der Waals surface area contributed by atoms with Gasteiger partial charge in [0, 0.05) is 11.9 Å². The molecule has 1 aromatic heterocycles. The molecule has 1 heterocycles. The predicted octanol–water partition coefficient (Wildman–Crippen LogP) is 4.19. The molecular formula is C12H19BrClNO2S2. The van der Waals surface area contributed by atoms with Crippen molar-refractivity contribution in [2.75, 3.05) is 11.9 Å². The van der Waals surface area contributed by atoms with Gasteiger partial charge in [-0.2, -0.15) is 0 Å². The van der Waals surface area contributed by atoms with E-state index in [0.29, 0.717) is 21.0 Å². The lowest BCUT2D eigenvalue weighted by Gasteiger charge is -2.15. The molecule has 0 saturated carbocycles. The van der Waals surface area contributed by atoms with Crippen LogP contribution in [0, 0.1) is 12.8 Å². The molecule has 0 saturated heterocycles. The van der Waals surface area contributed by atoms with Crippen LogP contribution >= 0.6 is 38.9 Å². The fraction of sp³-hybridized carbons (Fsp3) is 0.667. The van der Waals surface area contributed by atoms with Crippen LogP contribution in [0.2, 0.25) is 4.34 Å². The van der Waals surface area contributed by atoms with Crippen LogP contribution < -0.4 is 4.72 Å². The maximum absolute atomic E-state index is 12.1. The summed E-state index contributed by atoms with van der Waals surface area (Å²) in [5.41, 5.74) is 0.803. The molecule has 0 bridgehead atoms. The predicted molar refractivity (Wildman–Crippen MR) is 86.1 cm³/mol. The van der Waals surface area contributed by atoms with E-state index in [1.165, 1.54) is 0 Å². The minimum atomic E-state index is -3.42. The summed E-state index contributed by atoms with van der Waals surface area (Å²) in [6.07, 6.45) is 3.06. The van der Waals surface area contributed by atoms with Crippen LogP contribution in [0.15, 0.2) is 10.3 Å². The van der Waals surface area contributed by atoms with Crippen molar-refractivity contribution in [1.82, 2.24) is 4.72 Å². The highest BCUT2D eigenvalue weighted by Gasteiger charge is 2.19. The van der Waals surface area contributed by atoms with Crippen LogP contribution in [-0.2, 0) is 10.0 Å². The Morgan fingerprint density at radius 2 is 2.16 bits per heavy atom. The van der Waals surface area contributed by atoms with Gasteiger partial charge in [-0.25, -0.2) is 13.1 Å². The Morgan fingerprint density at radius 3 is 2.63 bits per heavy atom. The van der Waals surface area contributed by atoms with E-state index in [1.807, 2.05) is 6.92 Å². The number of halogens is 2. The van der Waals surface area contributed by atoms with E-state index in [1.54, 1.807) is 6.07 Å². The second-order valence-electron chi connectivity index (χ2n) is 4.51. The Hall–Kier alpha value is 0.380. The van der Waals surface area contributed by atoms with E-state index in [-0.39, 0.29) is 0 Å². The zero-order valence-electron chi connectivity index (χ0n) is 11.1. The number of aryl methyl sites for hydroxylation is 1. The van der Waals surface area contributed by atoms with E-state index in [4.69, 9.17) is 11.6 Å². The molecule has 0 aliphatic heterocycles. The standard InChI is InChI=1S/C12H19BrClNO2S2/c1-3-4-10(5-6-13)8-15-19(16,17)11-7-9(2)12(14)18-11/h7,10,15H,3-6,8H2,1-2H3. The van der Waals surface area contributed by atoms with E-state index in [0.717, 1.165) is 41.5 Å². The summed E-state index contributed by atoms with van der Waals surface area (Å²) in [5, 5.41) is 0.892. The van der Waals surface area contributed by atoms with Crippen LogP contribution in [0.25, 0.3) is 0 Å². The Labute approximate surface area is 132 Å². The van der Waals surface area contributed by atoms with Gasteiger partial charge in [-0.05, 0) is 37.3 Å². The summed E-state index contributed by atoms with van der Waals surface area (Å²) >= 11 is 10.4. The zero-order chi connectivity index (χ0) is 14.5. The second kappa shape index (κ2) is 7.98. The Bertz CT molecular complexity index is 476. The molecule has 0 radical (unpaired) electrons. The highest BCUT2D eigenvalue weighted by Crippen LogP contribution is 2.30. The lowest BCUT2D eigenvalue weighted by molar-refractivity contribution is 0.459. The van der Waals surface area contributed by atoms with Gasteiger partial charge in [0.05, 0.1) is 4.34 Å². The fourth-order valence-corrected chi connectivity index (χ4v) is 5.29. The first-order valence-electron chi connectivity index (χ1n) is 6.22. The number of sulfonamides is 1. The third-order valence-electron chi connectivity index (χ3n) is 2.88. The molecule has 1 aromatic rings. The molecular weight excluding hydrogens is 370 g/mol. The molecule has 0 fully saturated rings. The van der Waals surface area contributed by atoms with Crippen molar-refractivity contribution in [3.8, 4) is 0 Å². The van der Waals surface area contributed by atoms with Crippen molar-refractivity contribution in [2.45, 2.75) is 37.3 Å². The van der Waals surface area contributed by atoms with Crippen LogP contribution in [-0.4, -0.2) is 20.3 Å². The number of alkyl halides is 1. The molecule has 110 valence electrons. The summed E-state index contributed by atoms with van der Waals surface area (Å²) in [6.45, 7) is 4.40. The van der Waals surface area contributed by atoms with Crippen LogP contribution in [0.4, 0.5) is 0 Å². The minimum absolute atomic E-state index is 0.295. The van der Waals surface area contributed by atoms with Gasteiger partial charge in [0.2, 0.25) is 10.0 Å². The van der Waals surface area contributed by atoms with Crippen LogP contribution in [0.1, 0.15) is 31.7 Å². The quantitative estimate of drug-likeness (QED) is 0.679. The molecule has 1 unspecified atom stereocenters. The van der Waals surface area contributed by atoms with Crippen molar-refractivity contribution >= 4 is 48.9 Å². The van der Waals surface area contributed by atoms with Crippen LogP contribution in [0.3, 0.4) is 0 Å². The summed E-state index contributed by atoms with van der Waals surface area (Å²) in [5.74, 6) is 0.371. The molecule has 0 aromatic carbocycles. The SMILES string of the molecule is CCCC(CCBr)CNS(=O)(=O)c1cc(C)c(Cl)s1. The highest BCUT2D eigenvalue weighted by atomic mass is 79.9. The molecule has 7 heteroatoms. The largest absolute Gasteiger partial charge is 0.250 e. The topological polar surface area (TPSA) is 46.2 Å². The van der Waals surface area contributed by atoms with Gasteiger partial charge in [-0.1, -0.05) is 40.9 Å². The van der Waals surface area contributed by atoms with Gasteiger partial charge in [0.15, 0.2) is 0 Å². The van der Waals surface area contributed by atoms with Gasteiger partial charge < -0.3 is 0 Å². The van der Waals surface area contributed by atoms with Gasteiger partial charge in [0.1, 0.15) is 4.21 Å². The normalized spacial score (nSPS) is 13.7. The Balaban J connectivity index is 2.68. The van der Waals surface area contributed by atoms with Crippen molar-refractivity contribution in [2.24, 2.45) is 5.92 Å². The van der Waals surface area contributed by atoms with E-state index < -0.39 is 10.0 Å². The number of nitrogens with one attached hydrogen (secondary N) is 1. The lowest BCUT2D eigenvalue weighted by atomic mass is 10.0. The molecule has 1 N–H and O–H groups in total. The van der Waals surface area contributed by atoms with Crippen molar-refractivity contribution < 1.29 is 8.42 Å². The van der Waals surface area contributed by atoms with E-state index in [2.05, 4.69) is 27.6 Å². The van der Waals surface area contributed by atoms with E-state index >= 15 is 0 Å². The summed E-state index contributed by atoms with van der Waals surface area (Å²) in [6, 6.07) is 1.62. The average Bonchev–Trinajstić information content (AvgIpc) is 2.68. The maximum atomic E-state index is 12.1. The van der Waals surface area contributed by atoms with Gasteiger partial charge in [-0.3, -0.25) is 0 Å². The first kappa shape index (κ1) is 17.4. The van der Waals surface area contributed by atoms with E-state index in [9.17, 15) is 8.42 Å². The third-order valence-corrected chi connectivity index (χ3v) is 6.79. The van der Waals surface area contributed by atoms with Crippen molar-refractivity contribution in [3.05, 3.63) is 16.0 Å². The monoisotopic (exact) mass is 387 g/mol. The Morgan fingerprint density at radius 1 is 1.47 bits per heavy atom. The number of hydrogen-bond acceptors (Lipinski definition) is 3. The Kier molecular flexibility index (Phi) is 7.32. The zero-order valence-corrected chi connectivity index (χ0v) is 15.1. The molecule has 19 heavy (non-hydrogen) atoms. The summed E-state index contributed by atoms with van der Waals surface area (Å²) in [7, 11) is -3.42. The fourth-order valence-electron chi connectivity index (χ4n) is 1.77. The second-order valence-corrected chi connectivity index (χ2v) is 8.95. The number of hydrogen-bond donors (Lipinski definition) is 1. The highest BCUT2D eigenvalue weighted by molar-refractivity contribution is 9.09. The molecule has 1 rings (SSSR count). The molecule has 1 atom stereocenters. The summed E-state index contributed by atoms with van der Waals surface area (Å²) in [4.78, 5) is 0. The number of rotatable bonds is 8. The molecule has 3 nitrogen and oxygen atoms in total.